The smallest absolute Gasteiger partial charge is 0.259 e. The number of nitrogens with zero attached hydrogens (tertiary/aromatic N) is 2. The molecule has 98 valence electrons. The first-order chi connectivity index (χ1) is 8.97. The number of amides is 1. The van der Waals surface area contributed by atoms with Gasteiger partial charge < -0.3 is 11.1 Å². The molecular formula is C11H7ClF2N4O. The van der Waals surface area contributed by atoms with Gasteiger partial charge in [0, 0.05) is 18.0 Å². The Kier molecular flexibility index (Phi) is 3.57. The van der Waals surface area contributed by atoms with Crippen LogP contribution in [0.15, 0.2) is 24.4 Å². The fourth-order valence-corrected chi connectivity index (χ4v) is 1.49. The second-order valence-electron chi connectivity index (χ2n) is 3.52. The lowest BCUT2D eigenvalue weighted by molar-refractivity contribution is 0.102. The molecule has 0 spiro atoms. The number of hydrogen-bond acceptors (Lipinski definition) is 4. The predicted molar refractivity (Wildman–Crippen MR) is 65.8 cm³/mol. The summed E-state index contributed by atoms with van der Waals surface area (Å²) in [6.07, 6.45) is 1.33. The van der Waals surface area contributed by atoms with Gasteiger partial charge in [0.2, 0.25) is 5.28 Å². The molecule has 8 heteroatoms. The number of hydrogen-bond donors (Lipinski definition) is 2. The molecule has 1 heterocycles. The van der Waals surface area contributed by atoms with Gasteiger partial charge in [-0.25, -0.2) is 18.7 Å². The molecular weight excluding hydrogens is 278 g/mol. The van der Waals surface area contributed by atoms with Crippen molar-refractivity contribution in [2.24, 2.45) is 0 Å². The standard InChI is InChI=1S/C11H7ClF2N4O/c12-11-16-2-1-9(18-11)17-10(19)5-3-6(13)7(14)4-8(5)15/h1-4H,15H2,(H,16,17,18,19). The van der Waals surface area contributed by atoms with Gasteiger partial charge in [0.15, 0.2) is 11.6 Å². The number of nitrogens with one attached hydrogen (secondary N) is 1. The Balaban J connectivity index is 2.28. The molecule has 2 aromatic rings. The van der Waals surface area contributed by atoms with E-state index in [1.807, 2.05) is 0 Å². The van der Waals surface area contributed by atoms with Crippen LogP contribution in [-0.4, -0.2) is 15.9 Å². The second-order valence-corrected chi connectivity index (χ2v) is 3.86. The van der Waals surface area contributed by atoms with Crippen LogP contribution in [0.5, 0.6) is 0 Å². The lowest BCUT2D eigenvalue weighted by Crippen LogP contribution is -2.15. The normalized spacial score (nSPS) is 10.3. The summed E-state index contributed by atoms with van der Waals surface area (Å²) in [5.41, 5.74) is 5.06. The van der Waals surface area contributed by atoms with Gasteiger partial charge in [0.05, 0.1) is 5.56 Å². The quantitative estimate of drug-likeness (QED) is 0.654. The van der Waals surface area contributed by atoms with Gasteiger partial charge in [0.25, 0.3) is 5.91 Å². The first-order valence-corrected chi connectivity index (χ1v) is 5.39. The molecule has 0 saturated heterocycles. The van der Waals surface area contributed by atoms with Gasteiger partial charge in [-0.05, 0) is 23.7 Å². The number of nitrogens with two attached hydrogens (primary N) is 1. The summed E-state index contributed by atoms with van der Waals surface area (Å²) < 4.78 is 25.9. The maximum absolute atomic E-state index is 13.1. The van der Waals surface area contributed by atoms with Crippen LogP contribution in [0.25, 0.3) is 0 Å². The number of halogens is 3. The van der Waals surface area contributed by atoms with E-state index in [-0.39, 0.29) is 22.4 Å². The van der Waals surface area contributed by atoms with Gasteiger partial charge in [-0.3, -0.25) is 4.79 Å². The Morgan fingerprint density at radius 2 is 2.00 bits per heavy atom. The molecule has 0 bridgehead atoms. The number of rotatable bonds is 2. The van der Waals surface area contributed by atoms with Crippen LogP contribution >= 0.6 is 11.6 Å². The third kappa shape index (κ3) is 2.94. The minimum absolute atomic E-state index is 0.0592. The molecule has 1 amide bonds. The summed E-state index contributed by atoms with van der Waals surface area (Å²) in [6, 6.07) is 2.83. The minimum Gasteiger partial charge on any atom is -0.398 e. The zero-order chi connectivity index (χ0) is 14.0. The summed E-state index contributed by atoms with van der Waals surface area (Å²) in [6.45, 7) is 0. The largest absolute Gasteiger partial charge is 0.398 e. The minimum atomic E-state index is -1.17. The summed E-state index contributed by atoms with van der Waals surface area (Å²) >= 11 is 5.54. The van der Waals surface area contributed by atoms with Crippen LogP contribution < -0.4 is 11.1 Å². The lowest BCUT2D eigenvalue weighted by Gasteiger charge is -2.07. The Morgan fingerprint density at radius 1 is 1.32 bits per heavy atom. The van der Waals surface area contributed by atoms with E-state index in [0.717, 1.165) is 6.07 Å². The summed E-state index contributed by atoms with van der Waals surface area (Å²) in [4.78, 5) is 19.2. The second kappa shape index (κ2) is 5.15. The molecule has 5 nitrogen and oxygen atoms in total. The molecule has 0 saturated carbocycles. The number of nitrogen functional groups attached to an aromatic ring is 1. The van der Waals surface area contributed by atoms with Gasteiger partial charge in [-0.1, -0.05) is 0 Å². The molecule has 0 radical (unpaired) electrons. The van der Waals surface area contributed by atoms with Crippen molar-refractivity contribution < 1.29 is 13.6 Å². The molecule has 2 rings (SSSR count). The Morgan fingerprint density at radius 3 is 2.68 bits per heavy atom. The Bertz CT molecular complexity index is 651. The Labute approximate surface area is 111 Å². The average Bonchev–Trinajstić information content (AvgIpc) is 2.33. The first kappa shape index (κ1) is 13.2. The number of benzene rings is 1. The first-order valence-electron chi connectivity index (χ1n) is 5.02. The van der Waals surface area contributed by atoms with Gasteiger partial charge in [-0.2, -0.15) is 0 Å². The fourth-order valence-electron chi connectivity index (χ4n) is 1.35. The molecule has 1 aromatic heterocycles. The van der Waals surface area contributed by atoms with Crippen molar-refractivity contribution in [2.75, 3.05) is 11.1 Å². The van der Waals surface area contributed by atoms with E-state index in [0.29, 0.717) is 6.07 Å². The molecule has 0 fully saturated rings. The maximum atomic E-state index is 13.1. The molecule has 0 atom stereocenters. The molecule has 0 aliphatic rings. The molecule has 1 aromatic carbocycles. The van der Waals surface area contributed by atoms with E-state index >= 15 is 0 Å². The van der Waals surface area contributed by atoms with Gasteiger partial charge in [0.1, 0.15) is 5.82 Å². The van der Waals surface area contributed by atoms with Crippen LogP contribution in [0.3, 0.4) is 0 Å². The summed E-state index contributed by atoms with van der Waals surface area (Å²) in [7, 11) is 0. The maximum Gasteiger partial charge on any atom is 0.259 e. The number of aromatic nitrogens is 2. The monoisotopic (exact) mass is 284 g/mol. The highest BCUT2D eigenvalue weighted by Gasteiger charge is 2.15. The van der Waals surface area contributed by atoms with Crippen LogP contribution in [0.2, 0.25) is 5.28 Å². The van der Waals surface area contributed by atoms with E-state index < -0.39 is 17.5 Å². The van der Waals surface area contributed by atoms with Gasteiger partial charge >= 0.3 is 0 Å². The van der Waals surface area contributed by atoms with Crippen LogP contribution in [0.1, 0.15) is 10.4 Å². The molecule has 0 unspecified atom stereocenters. The summed E-state index contributed by atoms with van der Waals surface area (Å²) in [5.74, 6) is -2.90. The Hall–Kier alpha value is -2.28. The van der Waals surface area contributed by atoms with Crippen LogP contribution in [0, 0.1) is 11.6 Å². The third-order valence-electron chi connectivity index (χ3n) is 2.20. The van der Waals surface area contributed by atoms with Crippen molar-refractivity contribution in [2.45, 2.75) is 0 Å². The SMILES string of the molecule is Nc1cc(F)c(F)cc1C(=O)Nc1ccnc(Cl)n1. The van der Waals surface area contributed by atoms with Gasteiger partial charge in [-0.15, -0.1) is 0 Å². The van der Waals surface area contributed by atoms with Crippen molar-refractivity contribution in [3.05, 3.63) is 46.9 Å². The van der Waals surface area contributed by atoms with E-state index in [4.69, 9.17) is 17.3 Å². The molecule has 0 aliphatic heterocycles. The molecule has 3 N–H and O–H groups in total. The molecule has 0 aliphatic carbocycles. The van der Waals surface area contributed by atoms with Crippen molar-refractivity contribution in [1.82, 2.24) is 9.97 Å². The zero-order valence-electron chi connectivity index (χ0n) is 9.32. The average molecular weight is 285 g/mol. The number of anilines is 2. The van der Waals surface area contributed by atoms with Crippen molar-refractivity contribution in [1.29, 1.82) is 0 Å². The molecule has 19 heavy (non-hydrogen) atoms. The third-order valence-corrected chi connectivity index (χ3v) is 2.39. The number of carbonyl (C=O) groups excluding carboxylic acids is 1. The van der Waals surface area contributed by atoms with E-state index in [2.05, 4.69) is 15.3 Å². The predicted octanol–water partition coefficient (Wildman–Crippen LogP) is 2.24. The lowest BCUT2D eigenvalue weighted by atomic mass is 10.1. The highest BCUT2D eigenvalue weighted by molar-refractivity contribution is 6.28. The van der Waals surface area contributed by atoms with E-state index in [1.165, 1.54) is 12.3 Å². The highest BCUT2D eigenvalue weighted by atomic mass is 35.5. The van der Waals surface area contributed by atoms with E-state index in [9.17, 15) is 13.6 Å². The topological polar surface area (TPSA) is 80.9 Å². The van der Waals surface area contributed by atoms with Crippen molar-refractivity contribution >= 4 is 29.0 Å². The van der Waals surface area contributed by atoms with Crippen LogP contribution in [-0.2, 0) is 0 Å². The fraction of sp³-hybridized carbons (Fsp3) is 0. The number of carbonyl (C=O) groups is 1. The van der Waals surface area contributed by atoms with Crippen molar-refractivity contribution in [3.8, 4) is 0 Å². The summed E-state index contributed by atoms with van der Waals surface area (Å²) in [5, 5.41) is 2.28. The van der Waals surface area contributed by atoms with Crippen LogP contribution in [0.4, 0.5) is 20.3 Å². The van der Waals surface area contributed by atoms with Crippen molar-refractivity contribution in [3.63, 3.8) is 0 Å². The zero-order valence-corrected chi connectivity index (χ0v) is 10.1. The highest BCUT2D eigenvalue weighted by Crippen LogP contribution is 2.18. The van der Waals surface area contributed by atoms with E-state index in [1.54, 1.807) is 0 Å².